The zero-order valence-corrected chi connectivity index (χ0v) is 23.1. The van der Waals surface area contributed by atoms with Gasteiger partial charge in [0.2, 0.25) is 19.2 Å². The quantitative estimate of drug-likeness (QED) is 0.360. The van der Waals surface area contributed by atoms with E-state index in [1.54, 1.807) is 18.2 Å². The van der Waals surface area contributed by atoms with Gasteiger partial charge in [0.1, 0.15) is 11.9 Å². The number of amides is 2. The molecule has 6 nitrogen and oxygen atoms in total. The van der Waals surface area contributed by atoms with Gasteiger partial charge in [-0.3, -0.25) is 14.2 Å². The van der Waals surface area contributed by atoms with Crippen LogP contribution >= 0.6 is 7.37 Å². The lowest BCUT2D eigenvalue weighted by atomic mass is 9.85. The SMILES string of the molecule is CNC(=O)C(NC(=O)C(CC(C)C)CP(=O)(O)Cc1ccc(Cc2cccc(F)c2)cc1)C(C)(C)C. The number of carbonyl (C=O) groups excluding carboxylic acids is 2. The summed E-state index contributed by atoms with van der Waals surface area (Å²) in [6, 6.07) is 13.0. The maximum absolute atomic E-state index is 13.4. The Bertz CT molecular complexity index is 1080. The van der Waals surface area contributed by atoms with Gasteiger partial charge in [-0.25, -0.2) is 4.39 Å². The third kappa shape index (κ3) is 9.51. The molecule has 198 valence electrons. The molecule has 0 spiro atoms. The van der Waals surface area contributed by atoms with E-state index >= 15 is 0 Å². The average molecular weight is 519 g/mol. The molecule has 0 aromatic heterocycles. The minimum Gasteiger partial charge on any atom is -0.357 e. The maximum Gasteiger partial charge on any atom is 0.242 e. The Balaban J connectivity index is 2.11. The Morgan fingerprint density at radius 3 is 2.14 bits per heavy atom. The first-order valence-electron chi connectivity index (χ1n) is 12.3. The van der Waals surface area contributed by atoms with Crippen molar-refractivity contribution >= 4 is 19.2 Å². The maximum atomic E-state index is 13.4. The predicted molar refractivity (Wildman–Crippen MR) is 142 cm³/mol. The summed E-state index contributed by atoms with van der Waals surface area (Å²) in [7, 11) is -2.18. The number of carbonyl (C=O) groups is 2. The van der Waals surface area contributed by atoms with Crippen molar-refractivity contribution in [3.05, 3.63) is 71.0 Å². The predicted octanol–water partition coefficient (Wildman–Crippen LogP) is 5.13. The third-order valence-electron chi connectivity index (χ3n) is 6.04. The van der Waals surface area contributed by atoms with Crippen molar-refractivity contribution in [3.63, 3.8) is 0 Å². The van der Waals surface area contributed by atoms with Gasteiger partial charge in [0.05, 0.1) is 0 Å². The van der Waals surface area contributed by atoms with Gasteiger partial charge in [0.25, 0.3) is 0 Å². The molecule has 3 atom stereocenters. The summed E-state index contributed by atoms with van der Waals surface area (Å²) in [6.07, 6.45) is 0.791. The molecule has 0 saturated heterocycles. The molecule has 0 aliphatic rings. The minimum absolute atomic E-state index is 0.0483. The van der Waals surface area contributed by atoms with E-state index in [0.29, 0.717) is 18.4 Å². The normalized spacial score (nSPS) is 15.1. The van der Waals surface area contributed by atoms with Gasteiger partial charge in [-0.2, -0.15) is 0 Å². The Labute approximate surface area is 214 Å². The van der Waals surface area contributed by atoms with Gasteiger partial charge in [0.15, 0.2) is 0 Å². The van der Waals surface area contributed by atoms with Gasteiger partial charge in [-0.1, -0.05) is 71.0 Å². The number of benzene rings is 2. The van der Waals surface area contributed by atoms with Crippen LogP contribution in [0, 0.1) is 23.1 Å². The summed E-state index contributed by atoms with van der Waals surface area (Å²) < 4.78 is 26.7. The molecule has 0 saturated carbocycles. The number of rotatable bonds is 11. The molecule has 8 heteroatoms. The fourth-order valence-electron chi connectivity index (χ4n) is 4.25. The number of hydrogen-bond donors (Lipinski definition) is 3. The van der Waals surface area contributed by atoms with E-state index in [9.17, 15) is 23.4 Å². The van der Waals surface area contributed by atoms with Gasteiger partial charge in [-0.15, -0.1) is 0 Å². The molecule has 0 bridgehead atoms. The Hall–Kier alpha value is -2.50. The van der Waals surface area contributed by atoms with Crippen LogP contribution in [0.3, 0.4) is 0 Å². The molecular weight excluding hydrogens is 478 g/mol. The van der Waals surface area contributed by atoms with Gasteiger partial charge in [0, 0.05) is 25.3 Å². The Morgan fingerprint density at radius 1 is 1.00 bits per heavy atom. The molecule has 2 amide bonds. The first kappa shape index (κ1) is 29.7. The molecule has 0 aliphatic heterocycles. The molecule has 3 unspecified atom stereocenters. The summed E-state index contributed by atoms with van der Waals surface area (Å²) in [5, 5.41) is 5.41. The van der Waals surface area contributed by atoms with Crippen LogP contribution in [0.25, 0.3) is 0 Å². The molecule has 0 aliphatic carbocycles. The van der Waals surface area contributed by atoms with Crippen molar-refractivity contribution in [2.75, 3.05) is 13.2 Å². The van der Waals surface area contributed by atoms with Gasteiger partial charge < -0.3 is 15.5 Å². The first-order chi connectivity index (χ1) is 16.7. The van der Waals surface area contributed by atoms with Crippen LogP contribution in [-0.4, -0.2) is 36.0 Å². The summed E-state index contributed by atoms with van der Waals surface area (Å²) >= 11 is 0. The lowest BCUT2D eigenvalue weighted by molar-refractivity contribution is -0.133. The van der Waals surface area contributed by atoms with E-state index in [1.165, 1.54) is 19.2 Å². The highest BCUT2D eigenvalue weighted by molar-refractivity contribution is 7.57. The lowest BCUT2D eigenvalue weighted by Crippen LogP contribution is -2.54. The smallest absolute Gasteiger partial charge is 0.242 e. The van der Waals surface area contributed by atoms with E-state index in [-0.39, 0.29) is 35.9 Å². The van der Waals surface area contributed by atoms with E-state index in [0.717, 1.165) is 11.1 Å². The number of hydrogen-bond acceptors (Lipinski definition) is 3. The zero-order chi connectivity index (χ0) is 27.1. The van der Waals surface area contributed by atoms with Crippen LogP contribution in [0.1, 0.15) is 57.7 Å². The molecule has 2 aromatic rings. The van der Waals surface area contributed by atoms with Crippen molar-refractivity contribution in [1.82, 2.24) is 10.6 Å². The van der Waals surface area contributed by atoms with Crippen molar-refractivity contribution < 1.29 is 23.4 Å². The molecule has 0 heterocycles. The second kappa shape index (κ2) is 12.6. The third-order valence-corrected chi connectivity index (χ3v) is 7.91. The highest BCUT2D eigenvalue weighted by Gasteiger charge is 2.36. The molecule has 0 fully saturated rings. The van der Waals surface area contributed by atoms with Crippen LogP contribution in [0.2, 0.25) is 0 Å². The van der Waals surface area contributed by atoms with E-state index in [1.807, 2.05) is 52.8 Å². The average Bonchev–Trinajstić information content (AvgIpc) is 2.76. The highest BCUT2D eigenvalue weighted by Crippen LogP contribution is 2.47. The van der Waals surface area contributed by atoms with E-state index in [4.69, 9.17) is 0 Å². The Morgan fingerprint density at radius 2 is 1.61 bits per heavy atom. The largest absolute Gasteiger partial charge is 0.357 e. The number of halogens is 1. The first-order valence-corrected chi connectivity index (χ1v) is 14.4. The molecule has 2 aromatic carbocycles. The van der Waals surface area contributed by atoms with Crippen LogP contribution < -0.4 is 10.6 Å². The minimum atomic E-state index is -3.69. The zero-order valence-electron chi connectivity index (χ0n) is 22.2. The molecule has 36 heavy (non-hydrogen) atoms. The van der Waals surface area contributed by atoms with Crippen molar-refractivity contribution in [2.45, 2.75) is 59.7 Å². The second-order valence-electron chi connectivity index (χ2n) is 11.1. The lowest BCUT2D eigenvalue weighted by Gasteiger charge is -2.32. The Kier molecular flexibility index (Phi) is 10.4. The number of nitrogens with one attached hydrogen (secondary N) is 2. The number of likely N-dealkylation sites (N-methyl/N-ethyl adjacent to an activating group) is 1. The highest BCUT2D eigenvalue weighted by atomic mass is 31.2. The molecule has 3 N–H and O–H groups in total. The van der Waals surface area contributed by atoms with Gasteiger partial charge >= 0.3 is 0 Å². The van der Waals surface area contributed by atoms with E-state index in [2.05, 4.69) is 10.6 Å². The molecule has 2 rings (SSSR count). The topological polar surface area (TPSA) is 95.5 Å². The van der Waals surface area contributed by atoms with Crippen LogP contribution in [0.5, 0.6) is 0 Å². The van der Waals surface area contributed by atoms with Gasteiger partial charge in [-0.05, 0) is 53.0 Å². The standard InChI is InChI=1S/C28H40FN2O4P/c1-19(2)14-23(26(32)31-25(27(33)30-6)28(3,4)5)18-36(34,35)17-21-12-10-20(11-13-21)15-22-8-7-9-24(29)16-22/h7-13,16,19,23,25H,14-15,17-18H2,1-6H3,(H,30,33)(H,31,32)(H,34,35). The van der Waals surface area contributed by atoms with E-state index < -0.39 is 24.7 Å². The summed E-state index contributed by atoms with van der Waals surface area (Å²) in [5.74, 6) is -1.52. The van der Waals surface area contributed by atoms with Crippen LogP contribution in [0.4, 0.5) is 4.39 Å². The molecule has 0 radical (unpaired) electrons. The molecular formula is C28H40FN2O4P. The summed E-state index contributed by atoms with van der Waals surface area (Å²) in [5.41, 5.74) is 2.00. The summed E-state index contributed by atoms with van der Waals surface area (Å²) in [6.45, 7) is 9.50. The fourth-order valence-corrected chi connectivity index (χ4v) is 6.17. The summed E-state index contributed by atoms with van der Waals surface area (Å²) in [4.78, 5) is 36.4. The van der Waals surface area contributed by atoms with Crippen molar-refractivity contribution in [3.8, 4) is 0 Å². The van der Waals surface area contributed by atoms with Crippen LogP contribution in [0.15, 0.2) is 48.5 Å². The fraction of sp³-hybridized carbons (Fsp3) is 0.500. The van der Waals surface area contributed by atoms with Crippen molar-refractivity contribution in [1.29, 1.82) is 0 Å². The van der Waals surface area contributed by atoms with Crippen molar-refractivity contribution in [2.24, 2.45) is 17.3 Å². The second-order valence-corrected chi connectivity index (χ2v) is 13.4. The monoisotopic (exact) mass is 518 g/mol. The van der Waals surface area contributed by atoms with Crippen LogP contribution in [-0.2, 0) is 26.7 Å².